The van der Waals surface area contributed by atoms with Gasteiger partial charge in [0, 0.05) is 23.9 Å². The van der Waals surface area contributed by atoms with Gasteiger partial charge in [-0.15, -0.1) is 0 Å². The van der Waals surface area contributed by atoms with E-state index in [0.717, 1.165) is 24.3 Å². The first kappa shape index (κ1) is 20.7. The predicted octanol–water partition coefficient (Wildman–Crippen LogP) is 2.54. The lowest BCUT2D eigenvalue weighted by Crippen LogP contribution is -2.43. The lowest BCUT2D eigenvalue weighted by atomic mass is 10.2. The molecule has 0 radical (unpaired) electrons. The van der Waals surface area contributed by atoms with Crippen LogP contribution in [0.15, 0.2) is 47.4 Å². The molecule has 7 nitrogen and oxygen atoms in total. The Kier molecular flexibility index (Phi) is 6.75. The molecule has 0 saturated carbocycles. The molecule has 9 heteroatoms. The predicted molar refractivity (Wildman–Crippen MR) is 99.0 cm³/mol. The van der Waals surface area contributed by atoms with Crippen molar-refractivity contribution in [2.24, 2.45) is 0 Å². The molecule has 1 unspecified atom stereocenters. The third-order valence-electron chi connectivity index (χ3n) is 3.77. The monoisotopic (exact) mass is 396 g/mol. The Hall–Kier alpha value is -2.65. The summed E-state index contributed by atoms with van der Waals surface area (Å²) < 4.78 is 50.4. The number of hydrogen-bond donors (Lipinski definition) is 2. The first-order valence-corrected chi connectivity index (χ1v) is 9.59. The Morgan fingerprint density at radius 2 is 1.63 bits per heavy atom. The lowest BCUT2D eigenvalue weighted by molar-refractivity contribution is -0.117. The fraction of sp³-hybridized carbons (Fsp3) is 0.278. The highest BCUT2D eigenvalue weighted by molar-refractivity contribution is 7.89. The van der Waals surface area contributed by atoms with E-state index in [1.165, 1.54) is 14.2 Å². The molecule has 0 bridgehead atoms. The van der Waals surface area contributed by atoms with Gasteiger partial charge in [0.15, 0.2) is 0 Å². The lowest BCUT2D eigenvalue weighted by Gasteiger charge is -2.17. The summed E-state index contributed by atoms with van der Waals surface area (Å²) in [5.41, 5.74) is 0.399. The molecular weight excluding hydrogens is 375 g/mol. The number of carbonyl (C=O) groups is 1. The van der Waals surface area contributed by atoms with Crippen LogP contribution in [0, 0.1) is 5.82 Å². The van der Waals surface area contributed by atoms with E-state index >= 15 is 0 Å². The van der Waals surface area contributed by atoms with E-state index in [-0.39, 0.29) is 11.3 Å². The molecule has 146 valence electrons. The highest BCUT2D eigenvalue weighted by atomic mass is 32.2. The maximum absolute atomic E-state index is 13.0. The van der Waals surface area contributed by atoms with E-state index < -0.39 is 27.8 Å². The highest BCUT2D eigenvalue weighted by Gasteiger charge is 2.24. The number of hydrogen-bond acceptors (Lipinski definition) is 5. The van der Waals surface area contributed by atoms with Crippen LogP contribution in [-0.2, 0) is 14.8 Å². The Bertz CT molecular complexity index is 878. The number of nitrogens with one attached hydrogen (secondary N) is 2. The smallest absolute Gasteiger partial charge is 0.242 e. The molecule has 0 aromatic heterocycles. The zero-order valence-electron chi connectivity index (χ0n) is 15.2. The highest BCUT2D eigenvalue weighted by Crippen LogP contribution is 2.26. The van der Waals surface area contributed by atoms with Crippen molar-refractivity contribution in [1.29, 1.82) is 0 Å². The van der Waals surface area contributed by atoms with Gasteiger partial charge < -0.3 is 14.8 Å². The van der Waals surface area contributed by atoms with E-state index in [4.69, 9.17) is 9.47 Å². The Morgan fingerprint density at radius 3 is 2.11 bits per heavy atom. The number of benzene rings is 2. The fourth-order valence-corrected chi connectivity index (χ4v) is 3.58. The van der Waals surface area contributed by atoms with Gasteiger partial charge in [0.1, 0.15) is 23.4 Å². The second-order valence-corrected chi connectivity index (χ2v) is 7.34. The minimum absolute atomic E-state index is 0.127. The van der Waals surface area contributed by atoms with E-state index in [1.807, 2.05) is 0 Å². The number of halogens is 1. The van der Waals surface area contributed by atoms with Crippen molar-refractivity contribution < 1.29 is 27.1 Å². The van der Waals surface area contributed by atoms with Crippen LogP contribution in [0.2, 0.25) is 0 Å². The molecule has 1 atom stereocenters. The molecule has 0 heterocycles. The third kappa shape index (κ3) is 5.41. The number of rotatable bonds is 8. The number of amides is 1. The third-order valence-corrected chi connectivity index (χ3v) is 5.25. The van der Waals surface area contributed by atoms with Gasteiger partial charge in [-0.3, -0.25) is 4.79 Å². The normalized spacial score (nSPS) is 12.3. The molecule has 0 aliphatic carbocycles. The summed E-state index contributed by atoms with van der Waals surface area (Å²) in [6, 6.07) is 8.14. The number of ether oxygens (including phenoxy) is 2. The molecular formula is C18H21FN2O5S. The minimum Gasteiger partial charge on any atom is -0.497 e. The first-order valence-electron chi connectivity index (χ1n) is 8.11. The van der Waals surface area contributed by atoms with Crippen molar-refractivity contribution >= 4 is 21.6 Å². The van der Waals surface area contributed by atoms with Gasteiger partial charge in [0.2, 0.25) is 15.9 Å². The van der Waals surface area contributed by atoms with Crippen molar-refractivity contribution in [3.8, 4) is 11.5 Å². The van der Waals surface area contributed by atoms with Gasteiger partial charge in [-0.2, -0.15) is 4.72 Å². The summed E-state index contributed by atoms with van der Waals surface area (Å²) >= 11 is 0. The second kappa shape index (κ2) is 8.83. The molecule has 2 N–H and O–H groups in total. The minimum atomic E-state index is -3.98. The van der Waals surface area contributed by atoms with Crippen molar-refractivity contribution in [3.63, 3.8) is 0 Å². The van der Waals surface area contributed by atoms with Crippen molar-refractivity contribution in [2.45, 2.75) is 24.3 Å². The first-order chi connectivity index (χ1) is 12.8. The van der Waals surface area contributed by atoms with Crippen LogP contribution in [0.4, 0.5) is 10.1 Å². The van der Waals surface area contributed by atoms with Crippen LogP contribution < -0.4 is 19.5 Å². The summed E-state index contributed by atoms with van der Waals surface area (Å²) in [7, 11) is -1.02. The maximum atomic E-state index is 13.0. The molecule has 0 aliphatic rings. The van der Waals surface area contributed by atoms with Crippen LogP contribution in [-0.4, -0.2) is 34.6 Å². The SMILES string of the molecule is CCC(NS(=O)(=O)c1ccc(F)cc1)C(=O)Nc1cc(OC)cc(OC)c1. The van der Waals surface area contributed by atoms with Crippen LogP contribution in [0.1, 0.15) is 13.3 Å². The maximum Gasteiger partial charge on any atom is 0.242 e. The van der Waals surface area contributed by atoms with Crippen LogP contribution in [0.5, 0.6) is 11.5 Å². The largest absolute Gasteiger partial charge is 0.497 e. The summed E-state index contributed by atoms with van der Waals surface area (Å²) in [5, 5.41) is 2.64. The quantitative estimate of drug-likeness (QED) is 0.715. The Balaban J connectivity index is 2.17. The number of anilines is 1. The van der Waals surface area contributed by atoms with Crippen molar-refractivity contribution in [3.05, 3.63) is 48.3 Å². The van der Waals surface area contributed by atoms with Gasteiger partial charge in [0.05, 0.1) is 19.1 Å². The zero-order chi connectivity index (χ0) is 20.0. The van der Waals surface area contributed by atoms with Gasteiger partial charge in [0.25, 0.3) is 0 Å². The molecule has 2 aromatic carbocycles. The Labute approximate surface area is 157 Å². The Morgan fingerprint density at radius 1 is 1.07 bits per heavy atom. The van der Waals surface area contributed by atoms with E-state index in [2.05, 4.69) is 10.0 Å². The molecule has 1 amide bonds. The molecule has 2 rings (SSSR count). The molecule has 0 spiro atoms. The van der Waals surface area contributed by atoms with E-state index in [9.17, 15) is 17.6 Å². The summed E-state index contributed by atoms with van der Waals surface area (Å²) in [5.74, 6) is -0.140. The van der Waals surface area contributed by atoms with Gasteiger partial charge in [-0.05, 0) is 30.7 Å². The topological polar surface area (TPSA) is 93.7 Å². The molecule has 27 heavy (non-hydrogen) atoms. The number of sulfonamides is 1. The molecule has 0 saturated heterocycles. The second-order valence-electron chi connectivity index (χ2n) is 5.63. The summed E-state index contributed by atoms with van der Waals surface area (Å²) in [6.07, 6.45) is 0.216. The van der Waals surface area contributed by atoms with E-state index in [0.29, 0.717) is 17.2 Å². The van der Waals surface area contributed by atoms with Crippen LogP contribution in [0.25, 0.3) is 0 Å². The molecule has 2 aromatic rings. The summed E-state index contributed by atoms with van der Waals surface area (Å²) in [4.78, 5) is 12.4. The number of methoxy groups -OCH3 is 2. The fourth-order valence-electron chi connectivity index (χ4n) is 2.30. The number of carbonyl (C=O) groups excluding carboxylic acids is 1. The molecule has 0 aliphatic heterocycles. The van der Waals surface area contributed by atoms with Gasteiger partial charge in [-0.25, -0.2) is 12.8 Å². The van der Waals surface area contributed by atoms with Crippen LogP contribution >= 0.6 is 0 Å². The van der Waals surface area contributed by atoms with Crippen LogP contribution in [0.3, 0.4) is 0 Å². The average Bonchev–Trinajstić information content (AvgIpc) is 2.65. The standard InChI is InChI=1S/C18H21FN2O5S/c1-4-17(21-27(23,24)16-7-5-12(19)6-8-16)18(22)20-13-9-14(25-2)11-15(10-13)26-3/h5-11,17,21H,4H2,1-3H3,(H,20,22). The molecule has 0 fully saturated rings. The zero-order valence-corrected chi connectivity index (χ0v) is 16.0. The van der Waals surface area contributed by atoms with Crippen molar-refractivity contribution in [1.82, 2.24) is 4.72 Å². The average molecular weight is 396 g/mol. The van der Waals surface area contributed by atoms with Crippen molar-refractivity contribution in [2.75, 3.05) is 19.5 Å². The van der Waals surface area contributed by atoms with Gasteiger partial charge >= 0.3 is 0 Å². The van der Waals surface area contributed by atoms with Gasteiger partial charge in [-0.1, -0.05) is 6.92 Å². The summed E-state index contributed by atoms with van der Waals surface area (Å²) in [6.45, 7) is 1.67. The van der Waals surface area contributed by atoms with E-state index in [1.54, 1.807) is 25.1 Å².